The second-order valence-corrected chi connectivity index (χ2v) is 4.82. The summed E-state index contributed by atoms with van der Waals surface area (Å²) in [6.07, 6.45) is 0.335. The van der Waals surface area contributed by atoms with Crippen molar-refractivity contribution in [3.63, 3.8) is 0 Å². The van der Waals surface area contributed by atoms with Crippen molar-refractivity contribution in [1.29, 1.82) is 0 Å². The fraction of sp³-hybridized carbons (Fsp3) is 0.467. The van der Waals surface area contributed by atoms with E-state index in [0.717, 1.165) is 16.7 Å². The van der Waals surface area contributed by atoms with Crippen molar-refractivity contribution < 1.29 is 19.4 Å². The molecule has 0 aliphatic rings. The summed E-state index contributed by atoms with van der Waals surface area (Å²) in [7, 11) is 1.55. The maximum Gasteiger partial charge on any atom is 0.326 e. The molecule has 1 unspecified atom stereocenters. The van der Waals surface area contributed by atoms with E-state index < -0.39 is 12.0 Å². The highest BCUT2D eigenvalue weighted by atomic mass is 16.5. The molecule has 0 heterocycles. The minimum absolute atomic E-state index is 0.335. The van der Waals surface area contributed by atoms with E-state index in [4.69, 9.17) is 9.84 Å². The van der Waals surface area contributed by atoms with Gasteiger partial charge in [-0.3, -0.25) is 4.79 Å². The maximum absolute atomic E-state index is 12.3. The van der Waals surface area contributed by atoms with Crippen LogP contribution in [0.2, 0.25) is 0 Å². The fourth-order valence-electron chi connectivity index (χ4n) is 2.40. The van der Waals surface area contributed by atoms with Crippen LogP contribution in [-0.2, 0) is 4.79 Å². The van der Waals surface area contributed by atoms with Crippen LogP contribution in [0.25, 0.3) is 0 Å². The molecule has 0 aliphatic carbocycles. The molecule has 1 amide bonds. The van der Waals surface area contributed by atoms with Crippen LogP contribution < -0.4 is 10.1 Å². The molecule has 1 aromatic carbocycles. The lowest BCUT2D eigenvalue weighted by Gasteiger charge is -2.18. The third-order valence-corrected chi connectivity index (χ3v) is 3.34. The highest BCUT2D eigenvalue weighted by Crippen LogP contribution is 2.28. The topological polar surface area (TPSA) is 75.6 Å². The molecule has 0 aliphatic heterocycles. The number of carboxylic acids is 1. The molecule has 5 heteroatoms. The molecule has 110 valence electrons. The maximum atomic E-state index is 12.3. The molecule has 2 N–H and O–H groups in total. The van der Waals surface area contributed by atoms with Gasteiger partial charge in [0, 0.05) is 11.1 Å². The zero-order valence-electron chi connectivity index (χ0n) is 12.5. The molecule has 0 bridgehead atoms. The van der Waals surface area contributed by atoms with E-state index in [1.54, 1.807) is 21.0 Å². The van der Waals surface area contributed by atoms with Crippen LogP contribution >= 0.6 is 0 Å². The van der Waals surface area contributed by atoms with E-state index in [9.17, 15) is 9.59 Å². The number of ether oxygens (including phenoxy) is 1. The largest absolute Gasteiger partial charge is 0.496 e. The number of carboxylic acid groups (broad SMARTS) is 1. The number of methoxy groups -OCH3 is 1. The first-order chi connectivity index (χ1) is 9.33. The number of aliphatic carboxylic acids is 1. The van der Waals surface area contributed by atoms with Crippen molar-refractivity contribution in [3.8, 4) is 5.75 Å². The molecule has 0 spiro atoms. The van der Waals surface area contributed by atoms with Crippen LogP contribution in [0.15, 0.2) is 6.07 Å². The Morgan fingerprint density at radius 2 is 1.90 bits per heavy atom. The summed E-state index contributed by atoms with van der Waals surface area (Å²) in [6, 6.07) is 0.983. The molecule has 0 saturated heterocycles. The van der Waals surface area contributed by atoms with Gasteiger partial charge >= 0.3 is 5.97 Å². The number of rotatable bonds is 5. The van der Waals surface area contributed by atoms with Crippen molar-refractivity contribution in [3.05, 3.63) is 28.3 Å². The summed E-state index contributed by atoms with van der Waals surface area (Å²) in [5.74, 6) is -0.757. The van der Waals surface area contributed by atoms with Gasteiger partial charge in [-0.05, 0) is 38.3 Å². The van der Waals surface area contributed by atoms with E-state index in [-0.39, 0.29) is 5.91 Å². The van der Waals surface area contributed by atoms with Gasteiger partial charge in [-0.2, -0.15) is 0 Å². The van der Waals surface area contributed by atoms with E-state index >= 15 is 0 Å². The number of carbonyl (C=O) groups is 2. The van der Waals surface area contributed by atoms with Crippen LogP contribution in [0.1, 0.15) is 40.4 Å². The molecular formula is C15H21NO4. The summed E-state index contributed by atoms with van der Waals surface area (Å²) in [4.78, 5) is 23.3. The number of hydrogen-bond donors (Lipinski definition) is 2. The van der Waals surface area contributed by atoms with Crippen LogP contribution in [0.5, 0.6) is 5.75 Å². The monoisotopic (exact) mass is 279 g/mol. The summed E-state index contributed by atoms with van der Waals surface area (Å²) in [6.45, 7) is 7.26. The fourth-order valence-corrected chi connectivity index (χ4v) is 2.40. The minimum atomic E-state index is -1.03. The minimum Gasteiger partial charge on any atom is -0.496 e. The lowest BCUT2D eigenvalue weighted by Crippen LogP contribution is -2.40. The van der Waals surface area contributed by atoms with Gasteiger partial charge in [-0.25, -0.2) is 4.79 Å². The Morgan fingerprint density at radius 1 is 1.30 bits per heavy atom. The SMILES string of the molecule is CCC(NC(=O)c1c(C)cc(C)c(OC)c1C)C(=O)O. The van der Waals surface area contributed by atoms with Crippen LogP contribution in [0, 0.1) is 20.8 Å². The number of carbonyl (C=O) groups excluding carboxylic acids is 1. The molecule has 20 heavy (non-hydrogen) atoms. The molecule has 1 rings (SSSR count). The first-order valence-corrected chi connectivity index (χ1v) is 6.51. The van der Waals surface area contributed by atoms with Gasteiger partial charge in [0.15, 0.2) is 0 Å². The quantitative estimate of drug-likeness (QED) is 0.866. The van der Waals surface area contributed by atoms with Crippen LogP contribution in [-0.4, -0.2) is 30.1 Å². The molecule has 0 fully saturated rings. The highest BCUT2D eigenvalue weighted by Gasteiger charge is 2.22. The predicted octanol–water partition coefficient (Wildman–Crippen LogP) is 2.21. The van der Waals surface area contributed by atoms with Crippen molar-refractivity contribution in [2.45, 2.75) is 40.2 Å². The number of hydrogen-bond acceptors (Lipinski definition) is 3. The van der Waals surface area contributed by atoms with Gasteiger partial charge in [0.1, 0.15) is 11.8 Å². The standard InChI is InChI=1S/C15H21NO4/c1-6-11(15(18)19)16-14(17)12-8(2)7-9(3)13(20-5)10(12)4/h7,11H,6H2,1-5H3,(H,16,17)(H,18,19). The second-order valence-electron chi connectivity index (χ2n) is 4.82. The Balaban J connectivity index is 3.19. The smallest absolute Gasteiger partial charge is 0.326 e. The van der Waals surface area contributed by atoms with Gasteiger partial charge in [0.05, 0.1) is 7.11 Å². The zero-order chi connectivity index (χ0) is 15.4. The Morgan fingerprint density at radius 3 is 2.35 bits per heavy atom. The van der Waals surface area contributed by atoms with Gasteiger partial charge < -0.3 is 15.2 Å². The molecule has 1 atom stereocenters. The number of aryl methyl sites for hydroxylation is 2. The van der Waals surface area contributed by atoms with E-state index in [1.807, 2.05) is 19.9 Å². The molecule has 0 saturated carbocycles. The van der Waals surface area contributed by atoms with Crippen molar-refractivity contribution in [1.82, 2.24) is 5.32 Å². The average molecular weight is 279 g/mol. The highest BCUT2D eigenvalue weighted by molar-refractivity contribution is 5.99. The van der Waals surface area contributed by atoms with E-state index in [0.29, 0.717) is 17.7 Å². The zero-order valence-corrected chi connectivity index (χ0v) is 12.5. The summed E-state index contributed by atoms with van der Waals surface area (Å²) in [5.41, 5.74) is 2.96. The Kier molecular flexibility index (Phi) is 5.13. The third-order valence-electron chi connectivity index (χ3n) is 3.34. The summed E-state index contributed by atoms with van der Waals surface area (Å²) >= 11 is 0. The first kappa shape index (κ1) is 16.0. The van der Waals surface area contributed by atoms with Crippen LogP contribution in [0.4, 0.5) is 0 Å². The van der Waals surface area contributed by atoms with E-state index in [1.165, 1.54) is 0 Å². The normalized spacial score (nSPS) is 11.8. The van der Waals surface area contributed by atoms with Crippen molar-refractivity contribution >= 4 is 11.9 Å². The first-order valence-electron chi connectivity index (χ1n) is 6.51. The molecule has 1 aromatic rings. The van der Waals surface area contributed by atoms with Crippen molar-refractivity contribution in [2.75, 3.05) is 7.11 Å². The summed E-state index contributed by atoms with van der Waals surface area (Å²) < 4.78 is 5.30. The van der Waals surface area contributed by atoms with Gasteiger partial charge in [0.25, 0.3) is 5.91 Å². The predicted molar refractivity (Wildman–Crippen MR) is 76.4 cm³/mol. The molecule has 0 aromatic heterocycles. The lowest BCUT2D eigenvalue weighted by molar-refractivity contribution is -0.139. The lowest BCUT2D eigenvalue weighted by atomic mass is 9.97. The molecule has 0 radical (unpaired) electrons. The Labute approximate surface area is 118 Å². The summed E-state index contributed by atoms with van der Waals surface area (Å²) in [5, 5.41) is 11.6. The molecule has 5 nitrogen and oxygen atoms in total. The third kappa shape index (κ3) is 3.10. The van der Waals surface area contributed by atoms with Crippen LogP contribution in [0.3, 0.4) is 0 Å². The Hall–Kier alpha value is -2.04. The molecular weight excluding hydrogens is 258 g/mol. The average Bonchev–Trinajstić information content (AvgIpc) is 2.35. The second kappa shape index (κ2) is 6.41. The van der Waals surface area contributed by atoms with Gasteiger partial charge in [-0.15, -0.1) is 0 Å². The van der Waals surface area contributed by atoms with Crippen molar-refractivity contribution in [2.24, 2.45) is 0 Å². The number of nitrogens with one attached hydrogen (secondary N) is 1. The van der Waals surface area contributed by atoms with Gasteiger partial charge in [0.2, 0.25) is 0 Å². The number of amides is 1. The van der Waals surface area contributed by atoms with E-state index in [2.05, 4.69) is 5.32 Å². The Bertz CT molecular complexity index is 537. The van der Waals surface area contributed by atoms with Gasteiger partial charge in [-0.1, -0.05) is 13.0 Å². The number of benzene rings is 1.